The first-order chi connectivity index (χ1) is 19.7. The van der Waals surface area contributed by atoms with Gasteiger partial charge in [0.1, 0.15) is 0 Å². The maximum Gasteiger partial charge on any atom is 0.269 e. The molecular formula is C35H28N2O4. The van der Waals surface area contributed by atoms with Gasteiger partial charge >= 0.3 is 0 Å². The first-order valence-electron chi connectivity index (χ1n) is 13.6. The minimum Gasteiger partial charge on any atom is -0.258 e. The molecule has 0 saturated heterocycles. The molecule has 4 aromatic carbocycles. The van der Waals surface area contributed by atoms with Crippen LogP contribution in [-0.4, -0.2) is 9.85 Å². The Hall–Kier alpha value is -5.10. The molecule has 2 unspecified atom stereocenters. The summed E-state index contributed by atoms with van der Waals surface area (Å²) in [6, 6.07) is 24.0. The van der Waals surface area contributed by atoms with Crippen molar-refractivity contribution in [2.45, 2.75) is 20.8 Å². The Bertz CT molecular complexity index is 1860. The second kappa shape index (κ2) is 10.1. The Balaban J connectivity index is 1.63. The van der Waals surface area contributed by atoms with Crippen molar-refractivity contribution >= 4 is 33.3 Å². The van der Waals surface area contributed by atoms with Crippen LogP contribution in [-0.2, 0) is 0 Å². The minimum atomic E-state index is -0.380. The van der Waals surface area contributed by atoms with E-state index in [1.165, 1.54) is 11.1 Å². The second-order valence-electron chi connectivity index (χ2n) is 10.7. The van der Waals surface area contributed by atoms with Gasteiger partial charge < -0.3 is 0 Å². The van der Waals surface area contributed by atoms with E-state index in [2.05, 4.69) is 69.3 Å². The fourth-order valence-corrected chi connectivity index (χ4v) is 6.24. The van der Waals surface area contributed by atoms with Crippen LogP contribution in [0, 0.1) is 39.0 Å². The molecule has 4 aromatic rings. The number of nitro benzene ring substituents is 2. The molecule has 0 aliphatic heterocycles. The van der Waals surface area contributed by atoms with Gasteiger partial charge in [-0.1, -0.05) is 55.5 Å². The van der Waals surface area contributed by atoms with Crippen molar-refractivity contribution in [3.05, 3.63) is 151 Å². The number of rotatable bonds is 5. The van der Waals surface area contributed by atoms with Crippen LogP contribution in [0.2, 0.25) is 0 Å². The molecule has 0 bridgehead atoms. The third-order valence-electron chi connectivity index (χ3n) is 8.37. The van der Waals surface area contributed by atoms with Crippen LogP contribution in [0.1, 0.15) is 30.5 Å². The van der Waals surface area contributed by atoms with Crippen LogP contribution in [0.15, 0.2) is 114 Å². The lowest BCUT2D eigenvalue weighted by molar-refractivity contribution is -0.385. The van der Waals surface area contributed by atoms with E-state index in [9.17, 15) is 20.2 Å². The molecule has 2 aliphatic rings. The zero-order chi connectivity index (χ0) is 28.8. The summed E-state index contributed by atoms with van der Waals surface area (Å²) in [7, 11) is 0. The lowest BCUT2D eigenvalue weighted by atomic mass is 9.69. The van der Waals surface area contributed by atoms with Crippen molar-refractivity contribution in [2.24, 2.45) is 11.8 Å². The number of hydrogen-bond acceptors (Lipinski definition) is 4. The highest BCUT2D eigenvalue weighted by Gasteiger charge is 2.32. The molecule has 6 heteroatoms. The molecule has 0 spiro atoms. The largest absolute Gasteiger partial charge is 0.269 e. The molecule has 0 aromatic heterocycles. The highest BCUT2D eigenvalue weighted by molar-refractivity contribution is 6.07. The van der Waals surface area contributed by atoms with E-state index in [1.807, 2.05) is 30.3 Å². The maximum atomic E-state index is 11.3. The van der Waals surface area contributed by atoms with Crippen molar-refractivity contribution in [1.29, 1.82) is 0 Å². The van der Waals surface area contributed by atoms with Crippen molar-refractivity contribution < 1.29 is 9.85 Å². The molecule has 0 N–H and O–H groups in total. The quantitative estimate of drug-likeness (QED) is 0.186. The van der Waals surface area contributed by atoms with Crippen LogP contribution < -0.4 is 0 Å². The van der Waals surface area contributed by atoms with Gasteiger partial charge in [-0.05, 0) is 111 Å². The number of nitro groups is 2. The SMILES string of the molecule is CC1=C(c2c(C)c(-c3ccc([N+](=O)[O-])cc3)cc3ccccc23)C2=CC=CC(C)C2C=C1c1ccc([N+](=O)[O-])cc1. The molecule has 0 radical (unpaired) electrons. The predicted molar refractivity (Wildman–Crippen MR) is 164 cm³/mol. The lowest BCUT2D eigenvalue weighted by Gasteiger charge is -2.35. The van der Waals surface area contributed by atoms with E-state index >= 15 is 0 Å². The van der Waals surface area contributed by atoms with Gasteiger partial charge in [-0.3, -0.25) is 20.2 Å². The van der Waals surface area contributed by atoms with Crippen LogP contribution in [0.4, 0.5) is 11.4 Å². The predicted octanol–water partition coefficient (Wildman–Crippen LogP) is 9.25. The van der Waals surface area contributed by atoms with E-state index < -0.39 is 0 Å². The molecule has 41 heavy (non-hydrogen) atoms. The summed E-state index contributed by atoms with van der Waals surface area (Å²) in [4.78, 5) is 21.9. The van der Waals surface area contributed by atoms with E-state index in [0.29, 0.717) is 0 Å². The number of benzene rings is 4. The number of non-ortho nitro benzene ring substituents is 2. The summed E-state index contributed by atoms with van der Waals surface area (Å²) in [6.07, 6.45) is 8.86. The topological polar surface area (TPSA) is 86.3 Å². The van der Waals surface area contributed by atoms with Crippen molar-refractivity contribution in [3.63, 3.8) is 0 Å². The summed E-state index contributed by atoms with van der Waals surface area (Å²) in [6.45, 7) is 6.48. The third-order valence-corrected chi connectivity index (χ3v) is 8.37. The number of hydrogen-bond donors (Lipinski definition) is 0. The van der Waals surface area contributed by atoms with E-state index in [1.54, 1.807) is 24.3 Å². The van der Waals surface area contributed by atoms with Gasteiger partial charge in [0, 0.05) is 30.2 Å². The average Bonchev–Trinajstić information content (AvgIpc) is 2.97. The number of nitrogens with zero attached hydrogens (tertiary/aromatic N) is 2. The molecule has 2 atom stereocenters. The molecule has 202 valence electrons. The lowest BCUT2D eigenvalue weighted by Crippen LogP contribution is -2.19. The second-order valence-corrected chi connectivity index (χ2v) is 10.7. The number of allylic oxidation sites excluding steroid dienone is 8. The van der Waals surface area contributed by atoms with Gasteiger partial charge in [0.2, 0.25) is 0 Å². The molecule has 6 nitrogen and oxygen atoms in total. The molecule has 0 amide bonds. The first kappa shape index (κ1) is 26.1. The maximum absolute atomic E-state index is 11.3. The molecule has 6 rings (SSSR count). The zero-order valence-electron chi connectivity index (χ0n) is 23.0. The average molecular weight is 541 g/mol. The summed E-state index contributed by atoms with van der Waals surface area (Å²) in [5.74, 6) is 0.417. The molecular weight excluding hydrogens is 512 g/mol. The van der Waals surface area contributed by atoms with E-state index in [4.69, 9.17) is 0 Å². The summed E-state index contributed by atoms with van der Waals surface area (Å²) < 4.78 is 0. The van der Waals surface area contributed by atoms with Crippen molar-refractivity contribution in [2.75, 3.05) is 0 Å². The molecule has 2 aliphatic carbocycles. The van der Waals surface area contributed by atoms with Gasteiger partial charge in [-0.15, -0.1) is 0 Å². The Labute approximate surface area is 238 Å². The Morgan fingerprint density at radius 3 is 2.02 bits per heavy atom. The minimum absolute atomic E-state index is 0.0621. The summed E-state index contributed by atoms with van der Waals surface area (Å²) in [5.41, 5.74) is 9.85. The third kappa shape index (κ3) is 4.47. The van der Waals surface area contributed by atoms with Crippen LogP contribution in [0.25, 0.3) is 33.0 Å². The van der Waals surface area contributed by atoms with Crippen LogP contribution in [0.3, 0.4) is 0 Å². The molecule has 0 heterocycles. The van der Waals surface area contributed by atoms with Crippen LogP contribution >= 0.6 is 0 Å². The summed E-state index contributed by atoms with van der Waals surface area (Å²) in [5, 5.41) is 24.8. The Kier molecular flexibility index (Phi) is 6.46. The summed E-state index contributed by atoms with van der Waals surface area (Å²) >= 11 is 0. The van der Waals surface area contributed by atoms with Gasteiger partial charge in [0.05, 0.1) is 9.85 Å². The van der Waals surface area contributed by atoms with E-state index in [0.717, 1.165) is 49.7 Å². The van der Waals surface area contributed by atoms with Gasteiger partial charge in [-0.2, -0.15) is 0 Å². The van der Waals surface area contributed by atoms with Crippen molar-refractivity contribution in [1.82, 2.24) is 0 Å². The molecule has 0 fully saturated rings. The fraction of sp³-hybridized carbons (Fsp3) is 0.143. The standard InChI is InChI=1S/C35H28N2O4/c1-21-7-6-10-30-31(21)20-33(25-13-17-28(18-14-25)37(40)41)23(3)35(30)34-22(2)32(19-26-8-4-5-9-29(26)34)24-11-15-27(16-12-24)36(38)39/h4-21,31H,1-3H3. The van der Waals surface area contributed by atoms with Gasteiger partial charge in [-0.25, -0.2) is 0 Å². The van der Waals surface area contributed by atoms with Crippen LogP contribution in [0.5, 0.6) is 0 Å². The van der Waals surface area contributed by atoms with Gasteiger partial charge in [0.25, 0.3) is 11.4 Å². The highest BCUT2D eigenvalue weighted by Crippen LogP contribution is 2.50. The van der Waals surface area contributed by atoms with Gasteiger partial charge in [0.15, 0.2) is 0 Å². The monoisotopic (exact) mass is 540 g/mol. The Morgan fingerprint density at radius 2 is 1.39 bits per heavy atom. The molecule has 0 saturated carbocycles. The van der Waals surface area contributed by atoms with Crippen molar-refractivity contribution in [3.8, 4) is 11.1 Å². The smallest absolute Gasteiger partial charge is 0.258 e. The first-order valence-corrected chi connectivity index (χ1v) is 13.6. The van der Waals surface area contributed by atoms with E-state index in [-0.39, 0.29) is 33.1 Å². The fourth-order valence-electron chi connectivity index (χ4n) is 6.24. The number of fused-ring (bicyclic) bond motifs is 2. The Morgan fingerprint density at radius 1 is 0.780 bits per heavy atom. The normalized spacial score (nSPS) is 18.1. The zero-order valence-corrected chi connectivity index (χ0v) is 23.0. The highest BCUT2D eigenvalue weighted by atomic mass is 16.6.